The van der Waals surface area contributed by atoms with E-state index < -0.39 is 0 Å². The van der Waals surface area contributed by atoms with Crippen molar-refractivity contribution in [3.05, 3.63) is 22.4 Å². The fourth-order valence-electron chi connectivity index (χ4n) is 2.67. The summed E-state index contributed by atoms with van der Waals surface area (Å²) in [5.74, 6) is 0. The molecule has 0 amide bonds. The van der Waals surface area contributed by atoms with Gasteiger partial charge in [-0.25, -0.2) is 0 Å². The van der Waals surface area contributed by atoms with Crippen LogP contribution >= 0.6 is 11.3 Å². The third-order valence-corrected chi connectivity index (χ3v) is 4.29. The summed E-state index contributed by atoms with van der Waals surface area (Å²) in [5.41, 5.74) is 7.51. The Bertz CT molecular complexity index is 320. The van der Waals surface area contributed by atoms with E-state index in [0.29, 0.717) is 12.1 Å². The van der Waals surface area contributed by atoms with E-state index in [9.17, 15) is 0 Å². The zero-order valence-electron chi connectivity index (χ0n) is 10.6. The molecule has 1 aliphatic rings. The summed E-state index contributed by atoms with van der Waals surface area (Å²) in [6, 6.07) is 3.26. The minimum Gasteiger partial charge on any atom is -0.381 e. The molecule has 2 N–H and O–H groups in total. The second kappa shape index (κ2) is 5.96. The first-order chi connectivity index (χ1) is 8.20. The summed E-state index contributed by atoms with van der Waals surface area (Å²) in [7, 11) is 2.20. The average molecular weight is 254 g/mol. The van der Waals surface area contributed by atoms with E-state index >= 15 is 0 Å². The maximum atomic E-state index is 6.17. The van der Waals surface area contributed by atoms with Crippen LogP contribution in [0.1, 0.15) is 31.4 Å². The normalized spacial score (nSPS) is 21.6. The number of likely N-dealkylation sites (N-methyl/N-ethyl adjacent to an activating group) is 1. The van der Waals surface area contributed by atoms with Crippen molar-refractivity contribution in [3.63, 3.8) is 0 Å². The van der Waals surface area contributed by atoms with Gasteiger partial charge >= 0.3 is 0 Å². The van der Waals surface area contributed by atoms with Crippen LogP contribution in [-0.2, 0) is 4.74 Å². The third kappa shape index (κ3) is 3.07. The molecule has 1 aliphatic heterocycles. The van der Waals surface area contributed by atoms with Gasteiger partial charge in [-0.1, -0.05) is 0 Å². The van der Waals surface area contributed by atoms with Crippen molar-refractivity contribution in [3.8, 4) is 0 Å². The quantitative estimate of drug-likeness (QED) is 0.895. The predicted octanol–water partition coefficient (Wildman–Crippen LogP) is 2.25. The number of rotatable bonds is 4. The highest BCUT2D eigenvalue weighted by atomic mass is 32.1. The van der Waals surface area contributed by atoms with Gasteiger partial charge in [0.1, 0.15) is 0 Å². The van der Waals surface area contributed by atoms with Crippen molar-refractivity contribution in [1.29, 1.82) is 0 Å². The molecule has 1 aromatic rings. The van der Waals surface area contributed by atoms with E-state index in [-0.39, 0.29) is 6.04 Å². The number of thiophene rings is 1. The van der Waals surface area contributed by atoms with Crippen LogP contribution in [0.15, 0.2) is 16.8 Å². The average Bonchev–Trinajstić information content (AvgIpc) is 2.83. The minimum atomic E-state index is 0.150. The molecule has 1 fully saturated rings. The van der Waals surface area contributed by atoms with Crippen molar-refractivity contribution in [1.82, 2.24) is 4.90 Å². The van der Waals surface area contributed by atoms with Crippen molar-refractivity contribution in [2.24, 2.45) is 5.73 Å². The smallest absolute Gasteiger partial charge is 0.0504 e. The van der Waals surface area contributed by atoms with Gasteiger partial charge in [0, 0.05) is 25.3 Å². The van der Waals surface area contributed by atoms with Crippen LogP contribution in [0.3, 0.4) is 0 Å². The SMILES string of the molecule is CC(N)C(c1ccsc1)N(C)C1CCOCC1. The standard InChI is InChI=1S/C13H22N2OS/c1-10(14)13(11-5-8-17-9-11)15(2)12-3-6-16-7-4-12/h5,8-10,12-13H,3-4,6-7,14H2,1-2H3. The van der Waals surface area contributed by atoms with Gasteiger partial charge in [0.25, 0.3) is 0 Å². The molecule has 0 bridgehead atoms. The summed E-state index contributed by atoms with van der Waals surface area (Å²) < 4.78 is 5.42. The van der Waals surface area contributed by atoms with Crippen LogP contribution in [0.25, 0.3) is 0 Å². The summed E-state index contributed by atoms with van der Waals surface area (Å²) in [6.45, 7) is 3.85. The molecular formula is C13H22N2OS. The van der Waals surface area contributed by atoms with Gasteiger partial charge < -0.3 is 10.5 Å². The third-order valence-electron chi connectivity index (χ3n) is 3.59. The fraction of sp³-hybridized carbons (Fsp3) is 0.692. The Kier molecular flexibility index (Phi) is 4.56. The zero-order chi connectivity index (χ0) is 12.3. The minimum absolute atomic E-state index is 0.150. The largest absolute Gasteiger partial charge is 0.381 e. The lowest BCUT2D eigenvalue weighted by molar-refractivity contribution is 0.0246. The highest BCUT2D eigenvalue weighted by Crippen LogP contribution is 2.28. The topological polar surface area (TPSA) is 38.5 Å². The lowest BCUT2D eigenvalue weighted by atomic mass is 9.98. The monoisotopic (exact) mass is 254 g/mol. The molecule has 17 heavy (non-hydrogen) atoms. The maximum Gasteiger partial charge on any atom is 0.0504 e. The van der Waals surface area contributed by atoms with E-state index in [1.165, 1.54) is 5.56 Å². The molecule has 0 radical (unpaired) electrons. The summed E-state index contributed by atoms with van der Waals surface area (Å²) in [6.07, 6.45) is 2.23. The van der Waals surface area contributed by atoms with Gasteiger partial charge in [-0.15, -0.1) is 0 Å². The van der Waals surface area contributed by atoms with Crippen LogP contribution in [-0.4, -0.2) is 37.2 Å². The molecule has 0 aliphatic carbocycles. The van der Waals surface area contributed by atoms with Crippen LogP contribution in [0.5, 0.6) is 0 Å². The van der Waals surface area contributed by atoms with E-state index in [1.54, 1.807) is 11.3 Å². The van der Waals surface area contributed by atoms with E-state index in [1.807, 2.05) is 0 Å². The fourth-order valence-corrected chi connectivity index (χ4v) is 3.36. The zero-order valence-corrected chi connectivity index (χ0v) is 11.5. The van der Waals surface area contributed by atoms with E-state index in [4.69, 9.17) is 10.5 Å². The maximum absolute atomic E-state index is 6.17. The molecule has 2 unspecified atom stereocenters. The van der Waals surface area contributed by atoms with Crippen molar-refractivity contribution in [2.45, 2.75) is 37.9 Å². The Labute approximate surface area is 108 Å². The van der Waals surface area contributed by atoms with Crippen molar-refractivity contribution in [2.75, 3.05) is 20.3 Å². The van der Waals surface area contributed by atoms with Crippen LogP contribution in [0.4, 0.5) is 0 Å². The van der Waals surface area contributed by atoms with Crippen LogP contribution in [0, 0.1) is 0 Å². The highest BCUT2D eigenvalue weighted by molar-refractivity contribution is 7.07. The molecule has 3 nitrogen and oxygen atoms in total. The number of hydrogen-bond acceptors (Lipinski definition) is 4. The van der Waals surface area contributed by atoms with E-state index in [2.05, 4.69) is 35.7 Å². The summed E-state index contributed by atoms with van der Waals surface area (Å²) in [4.78, 5) is 2.44. The molecule has 4 heteroatoms. The molecule has 1 saturated heterocycles. The molecule has 2 rings (SSSR count). The van der Waals surface area contributed by atoms with Gasteiger partial charge in [-0.05, 0) is 49.2 Å². The first-order valence-corrected chi connectivity index (χ1v) is 7.22. The summed E-state index contributed by atoms with van der Waals surface area (Å²) in [5, 5.41) is 4.34. The van der Waals surface area contributed by atoms with E-state index in [0.717, 1.165) is 26.1 Å². The first-order valence-electron chi connectivity index (χ1n) is 6.27. The molecule has 2 atom stereocenters. The number of ether oxygens (including phenoxy) is 1. The van der Waals surface area contributed by atoms with Gasteiger partial charge in [-0.3, -0.25) is 4.90 Å². The van der Waals surface area contributed by atoms with Crippen LogP contribution < -0.4 is 5.73 Å². The lowest BCUT2D eigenvalue weighted by Gasteiger charge is -2.38. The molecule has 2 heterocycles. The van der Waals surface area contributed by atoms with Gasteiger partial charge in [0.2, 0.25) is 0 Å². The summed E-state index contributed by atoms with van der Waals surface area (Å²) >= 11 is 1.74. The Balaban J connectivity index is 2.10. The predicted molar refractivity (Wildman–Crippen MR) is 72.3 cm³/mol. The van der Waals surface area contributed by atoms with Crippen molar-refractivity contribution < 1.29 is 4.74 Å². The number of hydrogen-bond donors (Lipinski definition) is 1. The Morgan fingerprint density at radius 2 is 2.18 bits per heavy atom. The molecular weight excluding hydrogens is 232 g/mol. The molecule has 1 aromatic heterocycles. The van der Waals surface area contributed by atoms with Gasteiger partial charge in [-0.2, -0.15) is 11.3 Å². The Hall–Kier alpha value is -0.420. The molecule has 0 spiro atoms. The highest BCUT2D eigenvalue weighted by Gasteiger charge is 2.28. The van der Waals surface area contributed by atoms with Gasteiger partial charge in [0.15, 0.2) is 0 Å². The molecule has 96 valence electrons. The van der Waals surface area contributed by atoms with Crippen LogP contribution in [0.2, 0.25) is 0 Å². The first kappa shape index (κ1) is 13.0. The number of nitrogens with two attached hydrogens (primary N) is 1. The molecule has 0 saturated carbocycles. The Morgan fingerprint density at radius 3 is 2.71 bits per heavy atom. The second-order valence-electron chi connectivity index (χ2n) is 4.87. The Morgan fingerprint density at radius 1 is 1.47 bits per heavy atom. The molecule has 0 aromatic carbocycles. The number of nitrogens with zero attached hydrogens (tertiary/aromatic N) is 1. The lowest BCUT2D eigenvalue weighted by Crippen LogP contribution is -2.44. The van der Waals surface area contributed by atoms with Crippen molar-refractivity contribution >= 4 is 11.3 Å². The van der Waals surface area contributed by atoms with Gasteiger partial charge in [0.05, 0.1) is 6.04 Å². The second-order valence-corrected chi connectivity index (χ2v) is 5.65.